The Hall–Kier alpha value is -2.04. The SMILES string of the molecule is O=C(Cc1noc2ccccc12)Nc1ccc(Cl)c(Cl)c1. The van der Waals surface area contributed by atoms with Gasteiger partial charge in [0.2, 0.25) is 5.91 Å². The van der Waals surface area contributed by atoms with E-state index in [-0.39, 0.29) is 12.3 Å². The second-order valence-corrected chi connectivity index (χ2v) is 5.29. The van der Waals surface area contributed by atoms with Crippen molar-refractivity contribution in [1.29, 1.82) is 0 Å². The number of aromatic nitrogens is 1. The predicted octanol–water partition coefficient (Wildman–Crippen LogP) is 4.32. The van der Waals surface area contributed by atoms with E-state index in [0.717, 1.165) is 5.39 Å². The van der Waals surface area contributed by atoms with Crippen molar-refractivity contribution in [3.8, 4) is 0 Å². The van der Waals surface area contributed by atoms with Crippen molar-refractivity contribution >= 4 is 45.8 Å². The summed E-state index contributed by atoms with van der Waals surface area (Å²) in [7, 11) is 0. The minimum atomic E-state index is -0.201. The van der Waals surface area contributed by atoms with Crippen molar-refractivity contribution in [3.05, 3.63) is 58.2 Å². The van der Waals surface area contributed by atoms with Gasteiger partial charge in [0, 0.05) is 11.1 Å². The van der Waals surface area contributed by atoms with E-state index >= 15 is 0 Å². The zero-order valence-electron chi connectivity index (χ0n) is 10.8. The molecule has 21 heavy (non-hydrogen) atoms. The van der Waals surface area contributed by atoms with Gasteiger partial charge in [-0.2, -0.15) is 0 Å². The van der Waals surface area contributed by atoms with E-state index < -0.39 is 0 Å². The second-order valence-electron chi connectivity index (χ2n) is 4.48. The number of nitrogens with zero attached hydrogens (tertiary/aromatic N) is 1. The molecule has 1 heterocycles. The number of fused-ring (bicyclic) bond motifs is 1. The molecule has 6 heteroatoms. The van der Waals surface area contributed by atoms with Crippen LogP contribution in [0.3, 0.4) is 0 Å². The van der Waals surface area contributed by atoms with E-state index in [2.05, 4.69) is 10.5 Å². The lowest BCUT2D eigenvalue weighted by Gasteiger charge is -2.05. The molecule has 1 N–H and O–H groups in total. The van der Waals surface area contributed by atoms with E-state index in [9.17, 15) is 4.79 Å². The minimum absolute atomic E-state index is 0.122. The highest BCUT2D eigenvalue weighted by molar-refractivity contribution is 6.42. The van der Waals surface area contributed by atoms with Gasteiger partial charge >= 0.3 is 0 Å². The highest BCUT2D eigenvalue weighted by Crippen LogP contribution is 2.25. The summed E-state index contributed by atoms with van der Waals surface area (Å²) < 4.78 is 5.17. The van der Waals surface area contributed by atoms with Crippen LogP contribution in [0, 0.1) is 0 Å². The molecule has 0 aliphatic heterocycles. The van der Waals surface area contributed by atoms with Gasteiger partial charge in [-0.1, -0.05) is 40.5 Å². The maximum absolute atomic E-state index is 12.1. The number of halogens is 2. The molecule has 0 unspecified atom stereocenters. The Labute approximate surface area is 130 Å². The quantitative estimate of drug-likeness (QED) is 0.782. The first-order chi connectivity index (χ1) is 10.1. The molecule has 2 aromatic carbocycles. The molecule has 0 atom stereocenters. The minimum Gasteiger partial charge on any atom is -0.356 e. The topological polar surface area (TPSA) is 55.1 Å². The number of carbonyl (C=O) groups excluding carboxylic acids is 1. The van der Waals surface area contributed by atoms with Crippen LogP contribution in [0.15, 0.2) is 47.0 Å². The Morgan fingerprint density at radius 3 is 2.76 bits per heavy atom. The van der Waals surface area contributed by atoms with Crippen LogP contribution in [0.1, 0.15) is 5.69 Å². The second kappa shape index (κ2) is 5.76. The first-order valence-corrected chi connectivity index (χ1v) is 6.97. The average molecular weight is 321 g/mol. The molecule has 4 nitrogen and oxygen atoms in total. The fraction of sp³-hybridized carbons (Fsp3) is 0.0667. The molecule has 0 spiro atoms. The van der Waals surface area contributed by atoms with Crippen LogP contribution >= 0.6 is 23.2 Å². The average Bonchev–Trinajstić information content (AvgIpc) is 2.86. The molecule has 1 aromatic heterocycles. The molecule has 0 fully saturated rings. The Morgan fingerprint density at radius 2 is 1.95 bits per heavy atom. The molecular weight excluding hydrogens is 311 g/mol. The number of nitrogens with one attached hydrogen (secondary N) is 1. The van der Waals surface area contributed by atoms with E-state index in [1.54, 1.807) is 18.2 Å². The van der Waals surface area contributed by atoms with Crippen LogP contribution in [0.5, 0.6) is 0 Å². The highest BCUT2D eigenvalue weighted by Gasteiger charge is 2.12. The summed E-state index contributed by atoms with van der Waals surface area (Å²) in [5.41, 5.74) is 1.85. The summed E-state index contributed by atoms with van der Waals surface area (Å²) in [5, 5.41) is 8.34. The van der Waals surface area contributed by atoms with E-state index in [1.165, 1.54) is 0 Å². The van der Waals surface area contributed by atoms with E-state index in [1.807, 2.05) is 24.3 Å². The van der Waals surface area contributed by atoms with Gasteiger partial charge in [-0.15, -0.1) is 0 Å². The summed E-state index contributed by atoms with van der Waals surface area (Å²) >= 11 is 11.7. The Balaban J connectivity index is 1.75. The zero-order chi connectivity index (χ0) is 14.8. The number of carbonyl (C=O) groups is 1. The Morgan fingerprint density at radius 1 is 1.14 bits per heavy atom. The Bertz CT molecular complexity index is 814. The van der Waals surface area contributed by atoms with Gasteiger partial charge in [-0.3, -0.25) is 4.79 Å². The first-order valence-electron chi connectivity index (χ1n) is 6.21. The van der Waals surface area contributed by atoms with Crippen LogP contribution in [-0.2, 0) is 11.2 Å². The fourth-order valence-electron chi connectivity index (χ4n) is 2.00. The van der Waals surface area contributed by atoms with Crippen LogP contribution in [-0.4, -0.2) is 11.1 Å². The maximum Gasteiger partial charge on any atom is 0.230 e. The van der Waals surface area contributed by atoms with Crippen molar-refractivity contribution in [2.45, 2.75) is 6.42 Å². The van der Waals surface area contributed by atoms with Gasteiger partial charge in [0.1, 0.15) is 5.69 Å². The molecule has 0 saturated heterocycles. The smallest absolute Gasteiger partial charge is 0.230 e. The molecule has 0 radical (unpaired) electrons. The van der Waals surface area contributed by atoms with Gasteiger partial charge in [-0.05, 0) is 30.3 Å². The number of hydrogen-bond donors (Lipinski definition) is 1. The third-order valence-corrected chi connectivity index (χ3v) is 3.72. The number of benzene rings is 2. The lowest BCUT2D eigenvalue weighted by atomic mass is 10.1. The molecule has 0 aliphatic rings. The molecular formula is C15H10Cl2N2O2. The molecule has 3 rings (SSSR count). The molecule has 3 aromatic rings. The monoisotopic (exact) mass is 320 g/mol. The van der Waals surface area contributed by atoms with Gasteiger partial charge in [-0.25, -0.2) is 0 Å². The van der Waals surface area contributed by atoms with Crippen molar-refractivity contribution in [2.24, 2.45) is 0 Å². The summed E-state index contributed by atoms with van der Waals surface area (Å²) in [4.78, 5) is 12.1. The summed E-state index contributed by atoms with van der Waals surface area (Å²) in [6, 6.07) is 12.3. The summed E-state index contributed by atoms with van der Waals surface area (Å²) in [6.07, 6.45) is 0.122. The number of anilines is 1. The highest BCUT2D eigenvalue weighted by atomic mass is 35.5. The van der Waals surface area contributed by atoms with Crippen LogP contribution in [0.2, 0.25) is 10.0 Å². The van der Waals surface area contributed by atoms with Crippen LogP contribution < -0.4 is 5.32 Å². The van der Waals surface area contributed by atoms with Crippen molar-refractivity contribution in [1.82, 2.24) is 5.16 Å². The fourth-order valence-corrected chi connectivity index (χ4v) is 2.29. The lowest BCUT2D eigenvalue weighted by molar-refractivity contribution is -0.115. The van der Waals surface area contributed by atoms with Crippen LogP contribution in [0.4, 0.5) is 5.69 Å². The molecule has 0 aliphatic carbocycles. The van der Waals surface area contributed by atoms with Gasteiger partial charge in [0.25, 0.3) is 0 Å². The zero-order valence-corrected chi connectivity index (χ0v) is 12.3. The first kappa shape index (κ1) is 13.9. The normalized spacial score (nSPS) is 10.8. The lowest BCUT2D eigenvalue weighted by Crippen LogP contribution is -2.14. The van der Waals surface area contributed by atoms with E-state index in [0.29, 0.717) is 27.0 Å². The van der Waals surface area contributed by atoms with Crippen molar-refractivity contribution in [2.75, 3.05) is 5.32 Å². The predicted molar refractivity (Wildman–Crippen MR) is 82.8 cm³/mol. The molecule has 0 saturated carbocycles. The van der Waals surface area contributed by atoms with Gasteiger partial charge in [0.05, 0.1) is 16.5 Å². The van der Waals surface area contributed by atoms with Crippen molar-refractivity contribution in [3.63, 3.8) is 0 Å². The Kier molecular flexibility index (Phi) is 3.82. The number of para-hydroxylation sites is 1. The van der Waals surface area contributed by atoms with Crippen LogP contribution in [0.25, 0.3) is 11.0 Å². The number of amides is 1. The van der Waals surface area contributed by atoms with Gasteiger partial charge < -0.3 is 9.84 Å². The molecule has 0 bridgehead atoms. The largest absolute Gasteiger partial charge is 0.356 e. The standard InChI is InChI=1S/C15H10Cl2N2O2/c16-11-6-5-9(7-12(11)17)18-15(20)8-13-10-3-1-2-4-14(10)21-19-13/h1-7H,8H2,(H,18,20). The van der Waals surface area contributed by atoms with E-state index in [4.69, 9.17) is 27.7 Å². The maximum atomic E-state index is 12.1. The molecule has 106 valence electrons. The van der Waals surface area contributed by atoms with Gasteiger partial charge in [0.15, 0.2) is 5.58 Å². The van der Waals surface area contributed by atoms with Crippen molar-refractivity contribution < 1.29 is 9.32 Å². The summed E-state index contributed by atoms with van der Waals surface area (Å²) in [5.74, 6) is -0.201. The number of hydrogen-bond acceptors (Lipinski definition) is 3. The third-order valence-electron chi connectivity index (χ3n) is 2.98. The third kappa shape index (κ3) is 3.01. The molecule has 1 amide bonds. The number of rotatable bonds is 3. The summed E-state index contributed by atoms with van der Waals surface area (Å²) in [6.45, 7) is 0.